The summed E-state index contributed by atoms with van der Waals surface area (Å²) in [6, 6.07) is 12.7. The lowest BCUT2D eigenvalue weighted by atomic mass is 10.2. The van der Waals surface area contributed by atoms with Gasteiger partial charge in [0.05, 0.1) is 23.0 Å². The van der Waals surface area contributed by atoms with Crippen LogP contribution in [0.3, 0.4) is 0 Å². The number of benzene rings is 1. The first-order valence-electron chi connectivity index (χ1n) is 8.17. The van der Waals surface area contributed by atoms with E-state index in [1.807, 2.05) is 29.6 Å². The Morgan fingerprint density at radius 3 is 2.85 bits per heavy atom. The van der Waals surface area contributed by atoms with Crippen molar-refractivity contribution in [2.45, 2.75) is 13.2 Å². The monoisotopic (exact) mass is 378 g/mol. The fourth-order valence-electron chi connectivity index (χ4n) is 2.54. The number of pyridine rings is 1. The van der Waals surface area contributed by atoms with Gasteiger partial charge in [-0.15, -0.1) is 11.3 Å². The number of aromatic nitrogens is 4. The SMILES string of the molecule is O=C(Cn1ncc2ccccc2c1=O)OCc1csc(-c2ccccn2)n1. The van der Waals surface area contributed by atoms with Gasteiger partial charge in [0.1, 0.15) is 18.2 Å². The molecule has 27 heavy (non-hydrogen) atoms. The van der Waals surface area contributed by atoms with Gasteiger partial charge < -0.3 is 4.74 Å². The van der Waals surface area contributed by atoms with Crippen LogP contribution in [0, 0.1) is 0 Å². The molecule has 4 aromatic rings. The van der Waals surface area contributed by atoms with E-state index < -0.39 is 5.97 Å². The van der Waals surface area contributed by atoms with Gasteiger partial charge in [0.2, 0.25) is 0 Å². The number of fused-ring (bicyclic) bond motifs is 1. The number of carbonyl (C=O) groups is 1. The second-order valence-electron chi connectivity index (χ2n) is 5.71. The molecule has 0 aliphatic heterocycles. The number of thiazole rings is 1. The van der Waals surface area contributed by atoms with Crippen LogP contribution in [0.5, 0.6) is 0 Å². The van der Waals surface area contributed by atoms with Gasteiger partial charge in [-0.2, -0.15) is 5.10 Å². The van der Waals surface area contributed by atoms with Crippen LogP contribution < -0.4 is 5.56 Å². The van der Waals surface area contributed by atoms with Gasteiger partial charge in [-0.05, 0) is 18.2 Å². The van der Waals surface area contributed by atoms with Crippen LogP contribution in [0.15, 0.2) is 65.0 Å². The number of rotatable bonds is 5. The molecule has 0 fully saturated rings. The molecule has 0 saturated carbocycles. The smallest absolute Gasteiger partial charge is 0.328 e. The molecule has 3 heterocycles. The maximum Gasteiger partial charge on any atom is 0.328 e. The van der Waals surface area contributed by atoms with Crippen molar-refractivity contribution in [2.75, 3.05) is 0 Å². The maximum absolute atomic E-state index is 12.4. The summed E-state index contributed by atoms with van der Waals surface area (Å²) in [7, 11) is 0. The van der Waals surface area contributed by atoms with E-state index in [4.69, 9.17) is 4.74 Å². The van der Waals surface area contributed by atoms with Crippen molar-refractivity contribution in [2.24, 2.45) is 0 Å². The highest BCUT2D eigenvalue weighted by Crippen LogP contribution is 2.21. The molecule has 8 heteroatoms. The normalized spacial score (nSPS) is 10.8. The van der Waals surface area contributed by atoms with Gasteiger partial charge in [-0.25, -0.2) is 9.67 Å². The Kier molecular flexibility index (Phi) is 4.71. The Morgan fingerprint density at radius 1 is 1.15 bits per heavy atom. The second kappa shape index (κ2) is 7.46. The quantitative estimate of drug-likeness (QED) is 0.496. The summed E-state index contributed by atoms with van der Waals surface area (Å²) >= 11 is 1.43. The highest BCUT2D eigenvalue weighted by atomic mass is 32.1. The molecule has 0 bridgehead atoms. The van der Waals surface area contributed by atoms with E-state index in [1.165, 1.54) is 11.3 Å². The minimum Gasteiger partial charge on any atom is -0.458 e. The molecule has 0 aliphatic carbocycles. The van der Waals surface area contributed by atoms with Crippen molar-refractivity contribution in [3.05, 3.63) is 76.3 Å². The maximum atomic E-state index is 12.4. The summed E-state index contributed by atoms with van der Waals surface area (Å²) in [6.45, 7) is -0.217. The van der Waals surface area contributed by atoms with E-state index in [-0.39, 0.29) is 18.7 Å². The molecular weight excluding hydrogens is 364 g/mol. The van der Waals surface area contributed by atoms with Crippen molar-refractivity contribution in [3.63, 3.8) is 0 Å². The summed E-state index contributed by atoms with van der Waals surface area (Å²) in [5, 5.41) is 7.85. The lowest BCUT2D eigenvalue weighted by Gasteiger charge is -2.06. The number of nitrogens with zero attached hydrogens (tertiary/aromatic N) is 4. The first-order chi connectivity index (χ1) is 13.2. The Morgan fingerprint density at radius 2 is 2.00 bits per heavy atom. The molecule has 1 aromatic carbocycles. The molecule has 7 nitrogen and oxygen atoms in total. The third-order valence-electron chi connectivity index (χ3n) is 3.86. The highest BCUT2D eigenvalue weighted by molar-refractivity contribution is 7.13. The molecule has 0 spiro atoms. The summed E-state index contributed by atoms with van der Waals surface area (Å²) in [6.07, 6.45) is 3.26. The predicted octanol–water partition coefficient (Wildman–Crippen LogP) is 2.66. The fourth-order valence-corrected chi connectivity index (χ4v) is 3.32. The molecule has 0 atom stereocenters. The average Bonchev–Trinajstić information content (AvgIpc) is 3.19. The number of hydrogen-bond donors (Lipinski definition) is 0. The van der Waals surface area contributed by atoms with Crippen LogP contribution in [0.1, 0.15) is 5.69 Å². The number of carbonyl (C=O) groups excluding carboxylic acids is 1. The molecule has 0 saturated heterocycles. The Labute approximate surface area is 157 Å². The number of ether oxygens (including phenoxy) is 1. The zero-order valence-corrected chi connectivity index (χ0v) is 14.9. The van der Waals surface area contributed by atoms with E-state index in [1.54, 1.807) is 30.6 Å². The molecule has 0 aliphatic rings. The zero-order valence-electron chi connectivity index (χ0n) is 14.1. The van der Waals surface area contributed by atoms with Crippen LogP contribution in [0.25, 0.3) is 21.5 Å². The first kappa shape index (κ1) is 17.0. The van der Waals surface area contributed by atoms with Crippen LogP contribution in [-0.4, -0.2) is 25.7 Å². The average molecular weight is 378 g/mol. The van der Waals surface area contributed by atoms with E-state index in [0.717, 1.165) is 20.8 Å². The van der Waals surface area contributed by atoms with Crippen LogP contribution in [0.4, 0.5) is 0 Å². The minimum absolute atomic E-state index is 0.0322. The summed E-state index contributed by atoms with van der Waals surface area (Å²) in [4.78, 5) is 33.1. The van der Waals surface area contributed by atoms with Gasteiger partial charge in [-0.1, -0.05) is 24.3 Å². The zero-order chi connectivity index (χ0) is 18.6. The van der Waals surface area contributed by atoms with Crippen molar-refractivity contribution in [3.8, 4) is 10.7 Å². The molecule has 0 radical (unpaired) electrons. The standard InChI is InChI=1S/C19H14N4O3S/c24-17(10-23-19(25)15-6-2-1-5-13(15)9-21-23)26-11-14-12-27-18(22-14)16-7-3-4-8-20-16/h1-9,12H,10-11H2. The van der Waals surface area contributed by atoms with E-state index in [2.05, 4.69) is 15.1 Å². The third kappa shape index (κ3) is 3.75. The Balaban J connectivity index is 1.41. The minimum atomic E-state index is -0.549. The van der Waals surface area contributed by atoms with E-state index in [9.17, 15) is 9.59 Å². The lowest BCUT2D eigenvalue weighted by molar-refractivity contribution is -0.146. The second-order valence-corrected chi connectivity index (χ2v) is 6.57. The van der Waals surface area contributed by atoms with E-state index in [0.29, 0.717) is 11.1 Å². The van der Waals surface area contributed by atoms with Crippen LogP contribution in [-0.2, 0) is 22.7 Å². The number of hydrogen-bond acceptors (Lipinski definition) is 7. The van der Waals surface area contributed by atoms with Gasteiger partial charge in [0.25, 0.3) is 5.56 Å². The molecule has 0 unspecified atom stereocenters. The third-order valence-corrected chi connectivity index (χ3v) is 4.77. The predicted molar refractivity (Wildman–Crippen MR) is 101 cm³/mol. The van der Waals surface area contributed by atoms with Crippen molar-refractivity contribution >= 4 is 28.1 Å². The van der Waals surface area contributed by atoms with Gasteiger partial charge >= 0.3 is 5.97 Å². The van der Waals surface area contributed by atoms with Gasteiger partial charge in [-0.3, -0.25) is 14.6 Å². The summed E-state index contributed by atoms with van der Waals surface area (Å²) in [5.74, 6) is -0.549. The highest BCUT2D eigenvalue weighted by Gasteiger charge is 2.11. The number of esters is 1. The van der Waals surface area contributed by atoms with Crippen molar-refractivity contribution in [1.29, 1.82) is 0 Å². The van der Waals surface area contributed by atoms with Crippen molar-refractivity contribution < 1.29 is 9.53 Å². The molecule has 0 N–H and O–H groups in total. The van der Waals surface area contributed by atoms with Gasteiger partial charge in [0.15, 0.2) is 0 Å². The lowest BCUT2D eigenvalue weighted by Crippen LogP contribution is -2.27. The van der Waals surface area contributed by atoms with Gasteiger partial charge in [0, 0.05) is 17.0 Å². The van der Waals surface area contributed by atoms with Crippen LogP contribution in [0.2, 0.25) is 0 Å². The summed E-state index contributed by atoms with van der Waals surface area (Å²) in [5.41, 5.74) is 1.08. The van der Waals surface area contributed by atoms with Crippen molar-refractivity contribution in [1.82, 2.24) is 19.7 Å². The molecule has 3 aromatic heterocycles. The molecular formula is C19H14N4O3S. The molecule has 4 rings (SSSR count). The largest absolute Gasteiger partial charge is 0.458 e. The molecule has 134 valence electrons. The summed E-state index contributed by atoms with van der Waals surface area (Å²) < 4.78 is 6.34. The first-order valence-corrected chi connectivity index (χ1v) is 9.05. The molecule has 0 amide bonds. The fraction of sp³-hybridized carbons (Fsp3) is 0.105. The van der Waals surface area contributed by atoms with E-state index >= 15 is 0 Å². The Bertz CT molecular complexity index is 1150. The topological polar surface area (TPSA) is 87.0 Å². The van der Waals surface area contributed by atoms with Crippen LogP contribution >= 0.6 is 11.3 Å². The Hall–Kier alpha value is -3.39.